The molecular weight excluding hydrogens is 479 g/mol. The molecule has 1 aromatic heterocycles. The van der Waals surface area contributed by atoms with Gasteiger partial charge in [-0.05, 0) is 57.8 Å². The van der Waals surface area contributed by atoms with E-state index in [0.717, 1.165) is 25.2 Å². The summed E-state index contributed by atoms with van der Waals surface area (Å²) in [6.45, 7) is 9.90. The van der Waals surface area contributed by atoms with Crippen LogP contribution in [0.5, 0.6) is 0 Å². The Labute approximate surface area is 214 Å². The van der Waals surface area contributed by atoms with Gasteiger partial charge >= 0.3 is 7.60 Å². The van der Waals surface area contributed by atoms with Crippen molar-refractivity contribution in [1.29, 1.82) is 0 Å². The quantitative estimate of drug-likeness (QED) is 0.335. The van der Waals surface area contributed by atoms with Crippen molar-refractivity contribution in [1.82, 2.24) is 14.9 Å². The minimum atomic E-state index is -3.19. The fourth-order valence-corrected chi connectivity index (χ4v) is 5.80. The lowest BCUT2D eigenvalue weighted by Crippen LogP contribution is -2.29. The smallest absolute Gasteiger partial charge is 0.332 e. The first-order valence-corrected chi connectivity index (χ1v) is 14.3. The van der Waals surface area contributed by atoms with Crippen molar-refractivity contribution in [2.75, 3.05) is 61.5 Å². The van der Waals surface area contributed by atoms with Gasteiger partial charge in [-0.15, -0.1) is 0 Å². The SMILES string of the molecule is CCOP(=O)(CCNc1nc(N)cc(N(CC(C)=O)Cc2cccc(CN3CCCC3)c2)n1)OCC. The Hall–Kier alpha value is -2.52. The summed E-state index contributed by atoms with van der Waals surface area (Å²) >= 11 is 0. The molecule has 10 nitrogen and oxygen atoms in total. The predicted octanol–water partition coefficient (Wildman–Crippen LogP) is 3.93. The second kappa shape index (κ2) is 13.7. The van der Waals surface area contributed by atoms with Gasteiger partial charge in [0, 0.05) is 25.7 Å². The van der Waals surface area contributed by atoms with Gasteiger partial charge in [0.2, 0.25) is 5.95 Å². The summed E-state index contributed by atoms with van der Waals surface area (Å²) < 4.78 is 23.4. The number of carbonyl (C=O) groups is 1. The largest absolute Gasteiger partial charge is 0.383 e. The van der Waals surface area contributed by atoms with E-state index in [0.29, 0.717) is 31.5 Å². The third kappa shape index (κ3) is 8.85. The Balaban J connectivity index is 1.72. The predicted molar refractivity (Wildman–Crippen MR) is 143 cm³/mol. The molecule has 0 spiro atoms. The fourth-order valence-electron chi connectivity index (χ4n) is 4.29. The zero-order chi connectivity index (χ0) is 26.0. The molecule has 3 rings (SSSR count). The topological polar surface area (TPSA) is 123 Å². The first-order chi connectivity index (χ1) is 17.3. The van der Waals surface area contributed by atoms with Crippen molar-refractivity contribution in [3.8, 4) is 0 Å². The van der Waals surface area contributed by atoms with E-state index in [9.17, 15) is 9.36 Å². The van der Waals surface area contributed by atoms with Crippen molar-refractivity contribution in [3.63, 3.8) is 0 Å². The molecule has 1 fully saturated rings. The van der Waals surface area contributed by atoms with Crippen LogP contribution in [0.1, 0.15) is 44.7 Å². The number of likely N-dealkylation sites (tertiary alicyclic amines) is 1. The van der Waals surface area contributed by atoms with Crippen LogP contribution in [-0.2, 0) is 31.5 Å². The Kier molecular flexibility index (Phi) is 10.7. The number of carbonyl (C=O) groups excluding carboxylic acids is 1. The standard InChI is InChI=1S/C25H39N6O4P/c1-4-34-36(33,35-5-2)14-11-27-25-28-23(26)16-24(29-25)31(17-20(3)32)19-22-10-8-9-21(15-22)18-30-12-6-7-13-30/h8-10,15-16H,4-7,11-14,17-19H2,1-3H3,(H3,26,27,28,29). The highest BCUT2D eigenvalue weighted by atomic mass is 31.2. The Morgan fingerprint density at radius 2 is 1.83 bits per heavy atom. The number of Topliss-reactive ketones (excluding diaryl/α,β-unsaturated/α-hetero) is 1. The number of aromatic nitrogens is 2. The molecule has 0 saturated carbocycles. The molecule has 198 valence electrons. The highest BCUT2D eigenvalue weighted by Gasteiger charge is 2.23. The van der Waals surface area contributed by atoms with Crippen molar-refractivity contribution in [2.24, 2.45) is 0 Å². The van der Waals surface area contributed by atoms with Crippen LogP contribution in [0.25, 0.3) is 0 Å². The van der Waals surface area contributed by atoms with Crippen LogP contribution in [0.15, 0.2) is 30.3 Å². The third-order valence-corrected chi connectivity index (χ3v) is 7.83. The molecule has 0 unspecified atom stereocenters. The summed E-state index contributed by atoms with van der Waals surface area (Å²) in [5.74, 6) is 1.13. The molecule has 2 heterocycles. The van der Waals surface area contributed by atoms with Crippen molar-refractivity contribution in [2.45, 2.75) is 46.7 Å². The molecule has 1 aliphatic rings. The molecule has 0 aliphatic carbocycles. The Bertz CT molecular complexity index is 1040. The summed E-state index contributed by atoms with van der Waals surface area (Å²) in [5, 5.41) is 3.07. The second-order valence-corrected chi connectivity index (χ2v) is 11.1. The molecule has 1 saturated heterocycles. The maximum absolute atomic E-state index is 12.7. The monoisotopic (exact) mass is 518 g/mol. The van der Waals surface area contributed by atoms with E-state index in [-0.39, 0.29) is 30.9 Å². The number of nitrogens with zero attached hydrogens (tertiary/aromatic N) is 4. The Morgan fingerprint density at radius 3 is 2.50 bits per heavy atom. The van der Waals surface area contributed by atoms with E-state index in [1.807, 2.05) is 4.90 Å². The van der Waals surface area contributed by atoms with E-state index in [1.165, 1.54) is 18.4 Å². The van der Waals surface area contributed by atoms with Gasteiger partial charge in [-0.2, -0.15) is 9.97 Å². The molecule has 0 radical (unpaired) electrons. The van der Waals surface area contributed by atoms with Crippen LogP contribution >= 0.6 is 7.60 Å². The van der Waals surface area contributed by atoms with E-state index >= 15 is 0 Å². The third-order valence-electron chi connectivity index (χ3n) is 5.76. The van der Waals surface area contributed by atoms with Crippen molar-refractivity contribution < 1.29 is 18.4 Å². The van der Waals surface area contributed by atoms with Gasteiger partial charge in [0.1, 0.15) is 17.4 Å². The summed E-state index contributed by atoms with van der Waals surface area (Å²) in [4.78, 5) is 25.3. The van der Waals surface area contributed by atoms with Gasteiger partial charge in [0.05, 0.1) is 25.9 Å². The molecule has 2 aromatic rings. The summed E-state index contributed by atoms with van der Waals surface area (Å²) in [7, 11) is -3.19. The summed E-state index contributed by atoms with van der Waals surface area (Å²) in [6.07, 6.45) is 2.68. The average Bonchev–Trinajstić information content (AvgIpc) is 3.31. The Morgan fingerprint density at radius 1 is 1.14 bits per heavy atom. The van der Waals surface area contributed by atoms with Crippen LogP contribution in [0.2, 0.25) is 0 Å². The maximum Gasteiger partial charge on any atom is 0.332 e. The summed E-state index contributed by atoms with van der Waals surface area (Å²) in [6, 6.07) is 10.1. The number of nitrogens with one attached hydrogen (secondary N) is 1. The lowest BCUT2D eigenvalue weighted by atomic mass is 10.1. The van der Waals surface area contributed by atoms with Crippen molar-refractivity contribution in [3.05, 3.63) is 41.5 Å². The lowest BCUT2D eigenvalue weighted by molar-refractivity contribution is -0.115. The normalized spacial score (nSPS) is 14.2. The van der Waals surface area contributed by atoms with Gasteiger partial charge < -0.3 is 25.0 Å². The van der Waals surface area contributed by atoms with Crippen molar-refractivity contribution >= 4 is 31.0 Å². The molecule has 11 heteroatoms. The minimum Gasteiger partial charge on any atom is -0.383 e. The minimum absolute atomic E-state index is 0.0179. The van der Waals surface area contributed by atoms with Gasteiger partial charge in [-0.3, -0.25) is 14.3 Å². The van der Waals surface area contributed by atoms with Crippen LogP contribution in [0.3, 0.4) is 0 Å². The number of anilines is 3. The second-order valence-electron chi connectivity index (χ2n) is 8.93. The van der Waals surface area contributed by atoms with E-state index in [2.05, 4.69) is 44.5 Å². The average molecular weight is 519 g/mol. The van der Waals surface area contributed by atoms with Gasteiger partial charge in [-0.1, -0.05) is 24.3 Å². The van der Waals surface area contributed by atoms with Gasteiger partial charge in [-0.25, -0.2) is 0 Å². The molecule has 0 atom stereocenters. The van der Waals surface area contributed by atoms with Crippen LogP contribution in [0.4, 0.5) is 17.6 Å². The van der Waals surface area contributed by atoms with Gasteiger partial charge in [0.25, 0.3) is 0 Å². The highest BCUT2D eigenvalue weighted by Crippen LogP contribution is 2.47. The lowest BCUT2D eigenvalue weighted by Gasteiger charge is -2.24. The maximum atomic E-state index is 12.7. The molecule has 0 bridgehead atoms. The summed E-state index contributed by atoms with van der Waals surface area (Å²) in [5.41, 5.74) is 8.43. The number of hydrogen-bond donors (Lipinski definition) is 2. The number of nitrogen functional groups attached to an aromatic ring is 1. The van der Waals surface area contributed by atoms with Gasteiger partial charge in [0.15, 0.2) is 0 Å². The zero-order valence-electron chi connectivity index (χ0n) is 21.6. The van der Waals surface area contributed by atoms with Crippen LogP contribution < -0.4 is 16.0 Å². The number of benzene rings is 1. The number of hydrogen-bond acceptors (Lipinski definition) is 10. The van der Waals surface area contributed by atoms with Crippen LogP contribution in [0, 0.1) is 0 Å². The zero-order valence-corrected chi connectivity index (χ0v) is 22.5. The highest BCUT2D eigenvalue weighted by molar-refractivity contribution is 7.53. The van der Waals surface area contributed by atoms with Crippen LogP contribution in [-0.4, -0.2) is 66.2 Å². The fraction of sp³-hybridized carbons (Fsp3) is 0.560. The first kappa shape index (κ1) is 28.1. The number of rotatable bonds is 15. The molecular formula is C25H39N6O4P. The number of ketones is 1. The number of nitrogens with two attached hydrogens (primary N) is 1. The molecule has 1 aliphatic heterocycles. The van der Waals surface area contributed by atoms with E-state index < -0.39 is 7.60 Å². The first-order valence-electron chi connectivity index (χ1n) is 12.6. The molecule has 36 heavy (non-hydrogen) atoms. The molecule has 0 amide bonds. The van der Waals surface area contributed by atoms with E-state index in [1.54, 1.807) is 26.8 Å². The van der Waals surface area contributed by atoms with E-state index in [4.69, 9.17) is 14.8 Å². The molecule has 1 aromatic carbocycles. The molecule has 3 N–H and O–H groups in total.